The molecule has 6 heteroatoms. The number of rotatable bonds is 3. The molecule has 4 nitrogen and oxygen atoms in total. The largest absolute Gasteiger partial charge is 0.483 e. The van der Waals surface area contributed by atoms with E-state index in [9.17, 15) is 4.57 Å². The lowest BCUT2D eigenvalue weighted by atomic mass is 10.9. The van der Waals surface area contributed by atoms with Gasteiger partial charge in [-0.05, 0) is 6.92 Å². The molecule has 0 aromatic heterocycles. The van der Waals surface area contributed by atoms with Gasteiger partial charge >= 0.3 is 7.82 Å². The second kappa shape index (κ2) is 3.58. The second-order valence-corrected chi connectivity index (χ2v) is 3.16. The van der Waals surface area contributed by atoms with Gasteiger partial charge in [-0.2, -0.15) is 0 Å². The second-order valence-electron chi connectivity index (χ2n) is 0.955. The van der Waals surface area contributed by atoms with Gasteiger partial charge in [-0.1, -0.05) is 0 Å². The van der Waals surface area contributed by atoms with Crippen molar-refractivity contribution in [3.8, 4) is 0 Å². The molecular weight excluding hydrogens is 199 g/mol. The highest BCUT2D eigenvalue weighted by Crippen LogP contribution is 2.44. The highest BCUT2D eigenvalue weighted by atomic mass is 79.9. The molecule has 1 unspecified atom stereocenters. The van der Waals surface area contributed by atoms with Gasteiger partial charge in [0.05, 0.1) is 6.61 Å². The van der Waals surface area contributed by atoms with Crippen LogP contribution in [0.2, 0.25) is 0 Å². The van der Waals surface area contributed by atoms with E-state index in [-0.39, 0.29) is 6.61 Å². The minimum atomic E-state index is -3.76. The minimum absolute atomic E-state index is 0.152. The maximum Gasteiger partial charge on any atom is 0.483 e. The van der Waals surface area contributed by atoms with Crippen LogP contribution in [0, 0.1) is 0 Å². The summed E-state index contributed by atoms with van der Waals surface area (Å²) in [7, 11) is -3.76. The van der Waals surface area contributed by atoms with Crippen LogP contribution in [0.25, 0.3) is 0 Å². The third-order valence-corrected chi connectivity index (χ3v) is 2.24. The number of hydrogen-bond donors (Lipinski definition) is 1. The molecule has 0 spiro atoms. The van der Waals surface area contributed by atoms with Crippen LogP contribution < -0.4 is 0 Å². The van der Waals surface area contributed by atoms with Crippen LogP contribution in [0.4, 0.5) is 0 Å². The monoisotopic (exact) mass is 204 g/mol. The van der Waals surface area contributed by atoms with Gasteiger partial charge < -0.3 is 4.89 Å². The third kappa shape index (κ3) is 3.57. The molecule has 0 aliphatic rings. The molecule has 0 aliphatic carbocycles. The Kier molecular flexibility index (Phi) is 3.85. The summed E-state index contributed by atoms with van der Waals surface area (Å²) < 4.78 is 18.3. The summed E-state index contributed by atoms with van der Waals surface area (Å²) in [6.45, 7) is 1.74. The molecular formula is C2H6BrO4P. The van der Waals surface area contributed by atoms with E-state index in [1.165, 1.54) is 0 Å². The minimum Gasteiger partial charge on any atom is -0.302 e. The molecule has 0 aliphatic heterocycles. The maximum atomic E-state index is 10.2. The van der Waals surface area contributed by atoms with Gasteiger partial charge in [0, 0.05) is 0 Å². The molecule has 0 amide bonds. The lowest BCUT2D eigenvalue weighted by molar-refractivity contribution is 0.226. The molecule has 0 aromatic carbocycles. The Morgan fingerprint density at radius 2 is 2.38 bits per heavy atom. The molecule has 0 fully saturated rings. The van der Waals surface area contributed by atoms with Crippen LogP contribution in [-0.4, -0.2) is 11.5 Å². The summed E-state index contributed by atoms with van der Waals surface area (Å²) in [5.41, 5.74) is 0. The summed E-state index contributed by atoms with van der Waals surface area (Å²) in [5.74, 6) is 0. The standard InChI is InChI=1S/C2H6BrO4P/c1-2-6-8(4,5)7-3/h2H2,1H3,(H,4,5). The highest BCUT2D eigenvalue weighted by molar-refractivity contribution is 9.06. The molecule has 0 saturated heterocycles. The van der Waals surface area contributed by atoms with Crippen molar-refractivity contribution >= 4 is 24.1 Å². The van der Waals surface area contributed by atoms with Crippen LogP contribution in [0.3, 0.4) is 0 Å². The van der Waals surface area contributed by atoms with Gasteiger partial charge in [-0.3, -0.25) is 4.52 Å². The number of phosphoric ester groups is 1. The fraction of sp³-hybridized carbons (Fsp3) is 1.00. The van der Waals surface area contributed by atoms with Gasteiger partial charge in [0.15, 0.2) is 0 Å². The van der Waals surface area contributed by atoms with E-state index < -0.39 is 7.82 Å². The average Bonchev–Trinajstić information content (AvgIpc) is 1.67. The smallest absolute Gasteiger partial charge is 0.302 e. The Morgan fingerprint density at radius 1 is 1.88 bits per heavy atom. The average molecular weight is 205 g/mol. The molecule has 0 bridgehead atoms. The zero-order valence-electron chi connectivity index (χ0n) is 4.20. The first-order valence-electron chi connectivity index (χ1n) is 1.90. The fourth-order valence-electron chi connectivity index (χ4n) is 0.183. The molecule has 0 saturated carbocycles. The van der Waals surface area contributed by atoms with Crippen LogP contribution in [0.5, 0.6) is 0 Å². The van der Waals surface area contributed by atoms with E-state index >= 15 is 0 Å². The molecule has 0 aromatic rings. The number of hydrogen-bond acceptors (Lipinski definition) is 3. The SMILES string of the molecule is CCOP(=O)(O)OBr. The van der Waals surface area contributed by atoms with E-state index in [2.05, 4.69) is 24.4 Å². The van der Waals surface area contributed by atoms with E-state index in [0.29, 0.717) is 0 Å². The van der Waals surface area contributed by atoms with E-state index in [4.69, 9.17) is 4.89 Å². The fourth-order valence-corrected chi connectivity index (χ4v) is 0.800. The van der Waals surface area contributed by atoms with Crippen LogP contribution in [0.15, 0.2) is 0 Å². The van der Waals surface area contributed by atoms with E-state index in [1.54, 1.807) is 6.92 Å². The zero-order chi connectivity index (χ0) is 6.62. The molecule has 0 rings (SSSR count). The number of halogens is 1. The van der Waals surface area contributed by atoms with Crippen molar-refractivity contribution in [2.45, 2.75) is 6.92 Å². The van der Waals surface area contributed by atoms with Crippen molar-refractivity contribution in [1.82, 2.24) is 0 Å². The van der Waals surface area contributed by atoms with Gasteiger partial charge in [0.2, 0.25) is 0 Å². The van der Waals surface area contributed by atoms with Gasteiger partial charge in [-0.15, -0.1) is 0 Å². The predicted octanol–water partition coefficient (Wildman–Crippen LogP) is 1.45. The maximum absolute atomic E-state index is 10.2. The van der Waals surface area contributed by atoms with E-state index in [1.807, 2.05) is 0 Å². The third-order valence-electron chi connectivity index (χ3n) is 0.379. The molecule has 1 atom stereocenters. The lowest BCUT2D eigenvalue weighted by Gasteiger charge is -2.02. The molecule has 0 radical (unpaired) electrons. The first kappa shape index (κ1) is 8.59. The Labute approximate surface area is 55.9 Å². The Balaban J connectivity index is 3.55. The van der Waals surface area contributed by atoms with Crippen LogP contribution in [0.1, 0.15) is 6.92 Å². The zero-order valence-corrected chi connectivity index (χ0v) is 6.68. The van der Waals surface area contributed by atoms with Crippen molar-refractivity contribution < 1.29 is 17.6 Å². The summed E-state index contributed by atoms with van der Waals surface area (Å²) in [6, 6.07) is 0. The molecule has 8 heavy (non-hydrogen) atoms. The van der Waals surface area contributed by atoms with Crippen molar-refractivity contribution in [3.05, 3.63) is 0 Å². The van der Waals surface area contributed by atoms with Crippen molar-refractivity contribution in [2.75, 3.05) is 6.61 Å². The van der Waals surface area contributed by atoms with E-state index in [0.717, 1.165) is 0 Å². The number of phosphoric acid groups is 1. The quantitative estimate of drug-likeness (QED) is 0.708. The Morgan fingerprint density at radius 3 is 2.50 bits per heavy atom. The normalized spacial score (nSPS) is 17.9. The summed E-state index contributed by atoms with van der Waals surface area (Å²) in [6.07, 6.45) is 0. The topological polar surface area (TPSA) is 55.8 Å². The summed E-state index contributed by atoms with van der Waals surface area (Å²) in [5, 5.41) is 0. The van der Waals surface area contributed by atoms with Gasteiger partial charge in [0.25, 0.3) is 0 Å². The first-order chi connectivity index (χ1) is 3.62. The van der Waals surface area contributed by atoms with Crippen LogP contribution in [-0.2, 0) is 12.7 Å². The van der Waals surface area contributed by atoms with Gasteiger partial charge in [0.1, 0.15) is 16.3 Å². The Hall–Kier alpha value is 0.590. The summed E-state index contributed by atoms with van der Waals surface area (Å²) in [4.78, 5) is 8.39. The van der Waals surface area contributed by atoms with Crippen molar-refractivity contribution in [3.63, 3.8) is 0 Å². The first-order valence-corrected chi connectivity index (χ1v) is 4.04. The lowest BCUT2D eigenvalue weighted by Crippen LogP contribution is -1.86. The van der Waals surface area contributed by atoms with Crippen LogP contribution >= 0.6 is 24.1 Å². The van der Waals surface area contributed by atoms with Crippen molar-refractivity contribution in [1.29, 1.82) is 0 Å². The van der Waals surface area contributed by atoms with Gasteiger partial charge in [-0.25, -0.2) is 8.18 Å². The highest BCUT2D eigenvalue weighted by Gasteiger charge is 2.17. The molecule has 1 N–H and O–H groups in total. The Bertz CT molecular complexity index is 104. The molecule has 50 valence electrons. The predicted molar refractivity (Wildman–Crippen MR) is 31.5 cm³/mol. The summed E-state index contributed by atoms with van der Waals surface area (Å²) >= 11 is 2.33. The molecule has 0 heterocycles. The van der Waals surface area contributed by atoms with Crippen molar-refractivity contribution in [2.24, 2.45) is 0 Å².